The highest BCUT2D eigenvalue weighted by atomic mass is 32.2. The van der Waals surface area contributed by atoms with Crippen LogP contribution in [0.1, 0.15) is 106 Å². The Bertz CT molecular complexity index is 4990. The first-order valence-electron chi connectivity index (χ1n) is 42.6. The Morgan fingerprint density at radius 2 is 0.984 bits per heavy atom. The van der Waals surface area contributed by atoms with Crippen LogP contribution >= 0.6 is 11.8 Å². The van der Waals surface area contributed by atoms with Gasteiger partial charge < -0.3 is 87.2 Å². The zero-order valence-corrected chi connectivity index (χ0v) is 74.1. The number of nitrogens with two attached hydrogens (primary N) is 1. The third kappa shape index (κ3) is 30.3. The normalized spacial score (nSPS) is 22.1. The quantitative estimate of drug-likeness (QED) is 0.0363. The number of carbonyl (C=O) groups is 16. The number of carbonyl (C=O) groups excluding carboxylic acids is 16. The summed E-state index contributed by atoms with van der Waals surface area (Å²) in [6.07, 6.45) is -1.07. The lowest BCUT2D eigenvalue weighted by molar-refractivity contribution is -0.151. The number of benzene rings is 6. The van der Waals surface area contributed by atoms with Gasteiger partial charge in [0.15, 0.2) is 11.6 Å². The fourth-order valence-electron chi connectivity index (χ4n) is 15.2. The minimum atomic E-state index is -1.62. The number of ether oxygens (including phenoxy) is 1. The summed E-state index contributed by atoms with van der Waals surface area (Å²) in [7, 11) is 6.60. The number of aromatic nitrogens is 1. The second-order valence-electron chi connectivity index (χ2n) is 32.8. The van der Waals surface area contributed by atoms with E-state index in [-0.39, 0.29) is 81.0 Å². The number of ketones is 3. The molecule has 34 heteroatoms. The van der Waals surface area contributed by atoms with Gasteiger partial charge in [0, 0.05) is 122 Å². The molecule has 7 aromatic rings. The van der Waals surface area contributed by atoms with Crippen molar-refractivity contribution >= 4 is 117 Å². The van der Waals surface area contributed by atoms with Gasteiger partial charge in [-0.05, 0) is 82.5 Å². The molecule has 0 spiro atoms. The summed E-state index contributed by atoms with van der Waals surface area (Å²) in [6, 6.07) is 31.0. The standard InChI is InChI=1S/C94H117N13O20S/c1-9-10-30-78-93(125)103(4)51-69(112)47-66(54-127-57-109)82(114)49-65(53-108)90(122)106(7)79(45-60-24-16-12-17-25-60)89(121)101-75(44-63-33-37-68(111)38-34-63)91(123)104(5)52-84(116)97-74(48-64-50-96-71-29-21-20-28-70(64)71)88(120)100-73(42-62-31-35-67(110)36-32-62)87(119)99-72(41-58(2)3)86(118)102-77(81(113)39-40-83(95)115)55-128-56-85(117)98-76(43-59-22-14-11-15-23-59)92(124)107(8)80(94(126)105(78)6)46-61-26-18-13-19-27-61/h11-29,31-38,50,57-58,65-66,72-80,96,108,110-111H,9-10,30,39-49,51-56H2,1-8H3,(H2,95,115)(H,97,116)(H,98,117)(H,99,119)(H,100,120)(H,101,121)(H,102,118)/t65-,66-,72-,73-,74-,75-,76-,77-,78-,79-,80-/m0/s1. The number of nitrogens with zero attached hydrogens (tertiary/aromatic N) is 5. The van der Waals surface area contributed by atoms with Crippen molar-refractivity contribution in [3.05, 3.63) is 203 Å². The number of rotatable bonds is 25. The second kappa shape index (κ2) is 49.7. The molecule has 684 valence electrons. The van der Waals surface area contributed by atoms with E-state index in [0.717, 1.165) is 26.5 Å². The minimum absolute atomic E-state index is 0.0446. The Hall–Kier alpha value is -13.1. The molecule has 11 atom stereocenters. The largest absolute Gasteiger partial charge is 0.508 e. The molecule has 0 radical (unpaired) electrons. The predicted octanol–water partition coefficient (Wildman–Crippen LogP) is 3.78. The lowest BCUT2D eigenvalue weighted by Crippen LogP contribution is -2.59. The number of Topliss-reactive ketones (excluding diaryl/α,β-unsaturated/α-hetero) is 3. The van der Waals surface area contributed by atoms with E-state index in [1.807, 2.05) is 6.92 Å². The lowest BCUT2D eigenvalue weighted by atomic mass is 9.90. The van der Waals surface area contributed by atoms with Crippen LogP contribution in [0.25, 0.3) is 10.9 Å². The fourth-order valence-corrected chi connectivity index (χ4v) is 16.1. The molecule has 1 aliphatic rings. The van der Waals surface area contributed by atoms with E-state index in [0.29, 0.717) is 57.1 Å². The lowest BCUT2D eigenvalue weighted by Gasteiger charge is -2.37. The van der Waals surface area contributed by atoms with Crippen LogP contribution in [0.15, 0.2) is 170 Å². The van der Waals surface area contributed by atoms with Gasteiger partial charge in [0.2, 0.25) is 70.9 Å². The summed E-state index contributed by atoms with van der Waals surface area (Å²) in [5.74, 6) is -16.9. The summed E-state index contributed by atoms with van der Waals surface area (Å²) >= 11 is 0.873. The van der Waals surface area contributed by atoms with Gasteiger partial charge in [0.05, 0.1) is 43.3 Å². The van der Waals surface area contributed by atoms with E-state index < -0.39 is 212 Å². The Labute approximate surface area is 748 Å². The number of unbranched alkanes of at least 4 members (excludes halogenated alkanes) is 1. The van der Waals surface area contributed by atoms with Crippen LogP contribution in [0.5, 0.6) is 11.5 Å². The van der Waals surface area contributed by atoms with Gasteiger partial charge >= 0.3 is 0 Å². The third-order valence-electron chi connectivity index (χ3n) is 22.4. The number of aromatic hydroxyl groups is 2. The summed E-state index contributed by atoms with van der Waals surface area (Å²) in [5, 5.41) is 49.1. The van der Waals surface area contributed by atoms with Crippen molar-refractivity contribution in [2.75, 3.05) is 73.0 Å². The highest BCUT2D eigenvalue weighted by Crippen LogP contribution is 2.26. The Balaban J connectivity index is 1.20. The number of fused-ring (bicyclic) bond motifs is 1. The molecule has 2 heterocycles. The second-order valence-corrected chi connectivity index (χ2v) is 33.8. The first-order chi connectivity index (χ1) is 61.1. The Kier molecular flexibility index (Phi) is 38.9. The molecule has 0 unspecified atom stereocenters. The van der Waals surface area contributed by atoms with Crippen molar-refractivity contribution in [1.29, 1.82) is 0 Å². The average molecular weight is 1780 g/mol. The summed E-state index contributed by atoms with van der Waals surface area (Å²) in [6.45, 7) is 2.30. The van der Waals surface area contributed by atoms with Crippen LogP contribution in [0, 0.1) is 17.8 Å². The number of phenols is 2. The number of phenolic OH excluding ortho intramolecular Hbond substituents is 2. The number of primary amides is 1. The number of H-pyrrole nitrogens is 1. The molecule has 0 saturated carbocycles. The number of aromatic amines is 1. The molecule has 1 saturated heterocycles. The average Bonchev–Trinajstić information content (AvgIpc) is 1.65. The molecule has 12 amide bonds. The summed E-state index contributed by atoms with van der Waals surface area (Å²) in [4.78, 5) is 242. The number of aliphatic hydroxyl groups excluding tert-OH is 1. The molecular weight excluding hydrogens is 1660 g/mol. The summed E-state index contributed by atoms with van der Waals surface area (Å²) in [5.41, 5.74) is 9.21. The highest BCUT2D eigenvalue weighted by Gasteiger charge is 2.42. The molecule has 1 aromatic heterocycles. The van der Waals surface area contributed by atoms with Crippen molar-refractivity contribution in [2.24, 2.45) is 23.5 Å². The summed E-state index contributed by atoms with van der Waals surface area (Å²) < 4.78 is 5.07. The van der Waals surface area contributed by atoms with Gasteiger partial charge in [-0.1, -0.05) is 167 Å². The Morgan fingerprint density at radius 3 is 1.55 bits per heavy atom. The van der Waals surface area contributed by atoms with Crippen LogP contribution in [0.4, 0.5) is 0 Å². The third-order valence-corrected chi connectivity index (χ3v) is 23.4. The first kappa shape index (κ1) is 100. The van der Waals surface area contributed by atoms with Crippen molar-refractivity contribution in [3.63, 3.8) is 0 Å². The molecule has 6 aromatic carbocycles. The number of likely N-dealkylation sites (N-methyl/N-ethyl adjacent to an activating group) is 5. The predicted molar refractivity (Wildman–Crippen MR) is 478 cm³/mol. The van der Waals surface area contributed by atoms with E-state index in [2.05, 4.69) is 36.9 Å². The molecule has 128 heavy (non-hydrogen) atoms. The highest BCUT2D eigenvalue weighted by molar-refractivity contribution is 8.00. The van der Waals surface area contributed by atoms with Crippen LogP contribution in [-0.4, -0.2) is 267 Å². The van der Waals surface area contributed by atoms with Gasteiger partial charge in [-0.15, -0.1) is 11.8 Å². The number of hydrogen-bond acceptors (Lipinski definition) is 21. The number of hydrogen-bond donors (Lipinski definition) is 11. The maximum atomic E-state index is 15.5. The van der Waals surface area contributed by atoms with Crippen LogP contribution in [-0.2, 0) is 120 Å². The minimum Gasteiger partial charge on any atom is -0.508 e. The SMILES string of the molecule is CCCC[C@H]1C(=O)N(C)CC(=O)C[C@@H](COC=O)C(=O)C[C@@H](CO)C(=O)N(C)[C@@H](Cc2ccccc2)C(=O)N[C@@H](Cc2ccc(O)cc2)C(=O)N(C)CC(=O)N[C@@H](Cc2c[nH]c3ccccc23)C(=O)N[C@@H](Cc2ccc(O)cc2)C(=O)N[C@@H](CC(C)C)C(=O)N[C@H](C(=O)CCC(N)=O)CSCC(=O)N[C@@H](Cc2ccccc2)C(=O)N(C)[C@@H](Cc2ccccc2)C(=O)N1C. The molecule has 1 fully saturated rings. The van der Waals surface area contributed by atoms with Gasteiger partial charge in [-0.2, -0.15) is 0 Å². The van der Waals surface area contributed by atoms with Crippen LogP contribution in [0.3, 0.4) is 0 Å². The van der Waals surface area contributed by atoms with E-state index in [1.54, 1.807) is 135 Å². The number of thioether (sulfide) groups is 1. The van der Waals surface area contributed by atoms with E-state index in [4.69, 9.17) is 10.5 Å². The molecule has 8 rings (SSSR count). The number of nitrogens with one attached hydrogen (secondary N) is 7. The van der Waals surface area contributed by atoms with Crippen molar-refractivity contribution in [3.8, 4) is 11.5 Å². The topological polar surface area (TPSA) is 473 Å². The van der Waals surface area contributed by atoms with Gasteiger partial charge in [0.1, 0.15) is 72.2 Å². The molecule has 12 N–H and O–H groups in total. The molecule has 1 aliphatic heterocycles. The molecule has 0 aliphatic carbocycles. The van der Waals surface area contributed by atoms with Crippen molar-refractivity contribution < 1.29 is 96.8 Å². The zero-order valence-electron chi connectivity index (χ0n) is 73.3. The maximum Gasteiger partial charge on any atom is 0.293 e. The maximum absolute atomic E-state index is 15.5. The fraction of sp³-hybridized carbons (Fsp3) is 0.426. The van der Waals surface area contributed by atoms with Crippen molar-refractivity contribution in [2.45, 2.75) is 165 Å². The van der Waals surface area contributed by atoms with Crippen molar-refractivity contribution in [1.82, 2.24) is 61.4 Å². The van der Waals surface area contributed by atoms with E-state index in [1.165, 1.54) is 93.6 Å². The van der Waals surface area contributed by atoms with E-state index in [9.17, 15) is 63.3 Å². The molecule has 33 nitrogen and oxygen atoms in total. The van der Waals surface area contributed by atoms with E-state index >= 15 is 28.8 Å². The van der Waals surface area contributed by atoms with Gasteiger partial charge in [0.25, 0.3) is 6.47 Å². The Morgan fingerprint density at radius 1 is 0.500 bits per heavy atom. The monoisotopic (exact) mass is 1780 g/mol. The zero-order chi connectivity index (χ0) is 93.3. The number of amides is 12. The van der Waals surface area contributed by atoms with Crippen LogP contribution < -0.4 is 37.6 Å². The van der Waals surface area contributed by atoms with Crippen LogP contribution in [0.2, 0.25) is 0 Å². The number of aliphatic hydroxyl groups is 1. The van der Waals surface area contributed by atoms with Gasteiger partial charge in [-0.25, -0.2) is 0 Å². The molecule has 0 bridgehead atoms. The van der Waals surface area contributed by atoms with Gasteiger partial charge in [-0.3, -0.25) is 76.7 Å². The molecular formula is C94H117N13O20S. The first-order valence-corrected chi connectivity index (χ1v) is 43.7. The smallest absolute Gasteiger partial charge is 0.293 e. The number of para-hydroxylation sites is 1.